The number of aromatic nitrogens is 2. The van der Waals surface area contributed by atoms with Crippen LogP contribution in [0.5, 0.6) is 0 Å². The van der Waals surface area contributed by atoms with Crippen LogP contribution in [0.3, 0.4) is 0 Å². The molecule has 28 heavy (non-hydrogen) atoms. The Hall–Kier alpha value is -2.60. The third-order valence-corrected chi connectivity index (χ3v) is 4.37. The van der Waals surface area contributed by atoms with Gasteiger partial charge in [-0.2, -0.15) is 0 Å². The second-order valence-corrected chi connectivity index (χ2v) is 6.41. The van der Waals surface area contributed by atoms with Crippen molar-refractivity contribution >= 4 is 22.3 Å². The number of allylic oxidation sites excluding steroid dienone is 2. The molecule has 1 aliphatic carbocycles. The van der Waals surface area contributed by atoms with Crippen molar-refractivity contribution in [1.29, 1.82) is 0 Å². The minimum absolute atomic E-state index is 0.499. The van der Waals surface area contributed by atoms with Gasteiger partial charge in [-0.1, -0.05) is 39.2 Å². The molecule has 2 aromatic rings. The zero-order valence-electron chi connectivity index (χ0n) is 17.7. The van der Waals surface area contributed by atoms with Crippen molar-refractivity contribution in [2.45, 2.75) is 52.0 Å². The Labute approximate surface area is 169 Å². The number of nitrogens with one attached hydrogen (secondary N) is 2. The van der Waals surface area contributed by atoms with Crippen molar-refractivity contribution in [1.82, 2.24) is 15.3 Å². The monoisotopic (exact) mass is 384 g/mol. The lowest BCUT2D eigenvalue weighted by atomic mass is 9.95. The summed E-state index contributed by atoms with van der Waals surface area (Å²) < 4.78 is 0. The lowest BCUT2D eigenvalue weighted by molar-refractivity contribution is 0.462. The number of nitrogens with zero attached hydrogens (tertiary/aromatic N) is 2. The van der Waals surface area contributed by atoms with E-state index in [1.807, 2.05) is 40.1 Å². The summed E-state index contributed by atoms with van der Waals surface area (Å²) in [7, 11) is 3.75. The molecule has 0 aliphatic heterocycles. The van der Waals surface area contributed by atoms with Gasteiger partial charge in [0.1, 0.15) is 12.1 Å². The highest BCUT2D eigenvalue weighted by atomic mass is 15.0. The summed E-state index contributed by atoms with van der Waals surface area (Å²) in [6.45, 7) is 4.00. The highest BCUT2D eigenvalue weighted by molar-refractivity contribution is 5.92. The van der Waals surface area contributed by atoms with E-state index in [9.17, 15) is 0 Å². The fourth-order valence-electron chi connectivity index (χ4n) is 3.14. The van der Waals surface area contributed by atoms with E-state index in [0.717, 1.165) is 27.9 Å². The van der Waals surface area contributed by atoms with Crippen LogP contribution in [-0.4, -0.2) is 30.1 Å². The van der Waals surface area contributed by atoms with E-state index in [1.54, 1.807) is 18.6 Å². The number of hydrogen-bond donors (Lipinski definition) is 4. The summed E-state index contributed by atoms with van der Waals surface area (Å²) in [6, 6.07) is 6.56. The first-order valence-electron chi connectivity index (χ1n) is 10.1. The third-order valence-electron chi connectivity index (χ3n) is 4.37. The molecule has 1 aromatic heterocycles. The van der Waals surface area contributed by atoms with Gasteiger partial charge in [-0.3, -0.25) is 0 Å². The number of rotatable bonds is 4. The van der Waals surface area contributed by atoms with Gasteiger partial charge in [-0.25, -0.2) is 9.97 Å². The molecule has 0 radical (unpaired) electrons. The van der Waals surface area contributed by atoms with Crippen molar-refractivity contribution in [3.63, 3.8) is 0 Å². The standard InChI is InChI=1S/C18H23N5.C2H7N.C2H6/c19-9-8-14(11-20)13-6-7-17-16(10-13)18(22-12-21-17)23-15-4-2-1-3-5-15;1-3-2;1-2/h6-12,15H,1-5,19-20H2,(H,21,22,23);3H,1-2H3;1-2H3/b9-8-,14-11+;;. The largest absolute Gasteiger partial charge is 0.405 e. The van der Waals surface area contributed by atoms with Gasteiger partial charge in [-0.05, 0) is 62.5 Å². The van der Waals surface area contributed by atoms with E-state index in [-0.39, 0.29) is 0 Å². The molecular formula is C22H36N6. The number of fused-ring (bicyclic) bond motifs is 1. The Morgan fingerprint density at radius 1 is 1.07 bits per heavy atom. The van der Waals surface area contributed by atoms with Gasteiger partial charge >= 0.3 is 0 Å². The van der Waals surface area contributed by atoms with Gasteiger partial charge in [-0.15, -0.1) is 0 Å². The van der Waals surface area contributed by atoms with Gasteiger partial charge in [0.25, 0.3) is 0 Å². The van der Waals surface area contributed by atoms with E-state index in [2.05, 4.69) is 26.7 Å². The van der Waals surface area contributed by atoms with Crippen LogP contribution >= 0.6 is 0 Å². The van der Waals surface area contributed by atoms with Gasteiger partial charge in [0.05, 0.1) is 5.52 Å². The lowest BCUT2D eigenvalue weighted by Crippen LogP contribution is -2.23. The highest BCUT2D eigenvalue weighted by Gasteiger charge is 2.15. The molecule has 0 atom stereocenters. The average Bonchev–Trinajstić information content (AvgIpc) is 2.75. The van der Waals surface area contributed by atoms with Crippen molar-refractivity contribution in [2.75, 3.05) is 19.4 Å². The van der Waals surface area contributed by atoms with Crippen LogP contribution in [0.25, 0.3) is 16.5 Å². The first-order chi connectivity index (χ1) is 13.7. The highest BCUT2D eigenvalue weighted by Crippen LogP contribution is 2.27. The molecule has 6 heteroatoms. The molecule has 1 fully saturated rings. The van der Waals surface area contributed by atoms with Crippen molar-refractivity contribution in [2.24, 2.45) is 11.5 Å². The van der Waals surface area contributed by atoms with Crippen LogP contribution in [-0.2, 0) is 0 Å². The Bertz CT molecular complexity index is 748. The number of anilines is 1. The zero-order valence-corrected chi connectivity index (χ0v) is 17.7. The van der Waals surface area contributed by atoms with Gasteiger partial charge in [0.2, 0.25) is 0 Å². The molecule has 6 nitrogen and oxygen atoms in total. The summed E-state index contributed by atoms with van der Waals surface area (Å²) in [5.74, 6) is 0.900. The van der Waals surface area contributed by atoms with Gasteiger partial charge < -0.3 is 22.1 Å². The van der Waals surface area contributed by atoms with Crippen LogP contribution in [0.1, 0.15) is 51.5 Å². The molecule has 0 spiro atoms. The zero-order chi connectivity index (χ0) is 20.8. The van der Waals surface area contributed by atoms with Gasteiger partial charge in [0, 0.05) is 17.6 Å². The van der Waals surface area contributed by atoms with Crippen molar-refractivity contribution < 1.29 is 0 Å². The summed E-state index contributed by atoms with van der Waals surface area (Å²) in [6.07, 6.45) is 12.8. The maximum absolute atomic E-state index is 5.71. The molecule has 0 amide bonds. The smallest absolute Gasteiger partial charge is 0.137 e. The van der Waals surface area contributed by atoms with Crippen LogP contribution in [0.15, 0.2) is 43.0 Å². The number of nitrogens with two attached hydrogens (primary N) is 2. The summed E-state index contributed by atoms with van der Waals surface area (Å²) >= 11 is 0. The molecule has 1 aromatic carbocycles. The maximum atomic E-state index is 5.71. The van der Waals surface area contributed by atoms with Crippen LogP contribution in [0, 0.1) is 0 Å². The summed E-state index contributed by atoms with van der Waals surface area (Å²) in [5, 5.41) is 7.36. The fourth-order valence-corrected chi connectivity index (χ4v) is 3.14. The SMILES string of the molecule is CC.CNC.N/C=C\C(=C/N)c1ccc2ncnc(NC3CCCCC3)c2c1. The van der Waals surface area contributed by atoms with Crippen molar-refractivity contribution in [3.8, 4) is 0 Å². The van der Waals surface area contributed by atoms with Crippen LogP contribution < -0.4 is 22.1 Å². The van der Waals surface area contributed by atoms with E-state index in [4.69, 9.17) is 11.5 Å². The molecule has 0 saturated heterocycles. The topological polar surface area (TPSA) is 102 Å². The molecule has 1 heterocycles. The molecule has 3 rings (SSSR count). The predicted octanol–water partition coefficient (Wildman–Crippen LogP) is 4.01. The predicted molar refractivity (Wildman–Crippen MR) is 122 cm³/mol. The second-order valence-electron chi connectivity index (χ2n) is 6.41. The first-order valence-corrected chi connectivity index (χ1v) is 10.1. The number of benzene rings is 1. The quantitative estimate of drug-likeness (QED) is 0.594. The Kier molecular flexibility index (Phi) is 11.3. The van der Waals surface area contributed by atoms with Gasteiger partial charge in [0.15, 0.2) is 0 Å². The molecule has 6 N–H and O–H groups in total. The molecule has 154 valence electrons. The Morgan fingerprint density at radius 2 is 1.75 bits per heavy atom. The fraction of sp³-hybridized carbons (Fsp3) is 0.455. The van der Waals surface area contributed by atoms with Crippen molar-refractivity contribution in [3.05, 3.63) is 48.6 Å². The number of hydrogen-bond acceptors (Lipinski definition) is 6. The normalized spacial score (nSPS) is 14.8. The summed E-state index contributed by atoms with van der Waals surface area (Å²) in [5.41, 5.74) is 14.0. The van der Waals surface area contributed by atoms with E-state index in [1.165, 1.54) is 38.3 Å². The molecular weight excluding hydrogens is 348 g/mol. The molecule has 0 bridgehead atoms. The molecule has 0 unspecified atom stereocenters. The average molecular weight is 385 g/mol. The van der Waals surface area contributed by atoms with E-state index < -0.39 is 0 Å². The minimum atomic E-state index is 0.499. The molecule has 1 aliphatic rings. The Balaban J connectivity index is 0.000000717. The maximum Gasteiger partial charge on any atom is 0.137 e. The minimum Gasteiger partial charge on any atom is -0.405 e. The summed E-state index contributed by atoms with van der Waals surface area (Å²) in [4.78, 5) is 8.82. The first kappa shape index (κ1) is 23.4. The van der Waals surface area contributed by atoms with Crippen LogP contribution in [0.4, 0.5) is 5.82 Å². The van der Waals surface area contributed by atoms with E-state index in [0.29, 0.717) is 6.04 Å². The Morgan fingerprint density at radius 3 is 2.36 bits per heavy atom. The molecule has 1 saturated carbocycles. The van der Waals surface area contributed by atoms with Crippen LogP contribution in [0.2, 0.25) is 0 Å². The third kappa shape index (κ3) is 6.85. The lowest BCUT2D eigenvalue weighted by Gasteiger charge is -2.23. The van der Waals surface area contributed by atoms with E-state index >= 15 is 0 Å². The second kappa shape index (κ2) is 13.6.